The number of hydrogen-bond acceptors (Lipinski definition) is 2. The van der Waals surface area contributed by atoms with Crippen LogP contribution in [-0.2, 0) is 13.1 Å². The van der Waals surface area contributed by atoms with Crippen molar-refractivity contribution in [3.63, 3.8) is 0 Å². The van der Waals surface area contributed by atoms with E-state index in [0.717, 1.165) is 31.8 Å². The Kier molecular flexibility index (Phi) is 4.27. The molecule has 0 unspecified atom stereocenters. The minimum absolute atomic E-state index is 0.0641. The van der Waals surface area contributed by atoms with E-state index in [4.69, 9.17) is 6.42 Å². The average Bonchev–Trinajstić information content (AvgIpc) is 2.90. The highest BCUT2D eigenvalue weighted by Gasteiger charge is 2.16. The second-order valence-corrected chi connectivity index (χ2v) is 5.46. The highest BCUT2D eigenvalue weighted by molar-refractivity contribution is 5.48. The molecule has 0 bridgehead atoms. The molecular weight excluding hydrogens is 274 g/mol. The molecule has 2 heterocycles. The van der Waals surface area contributed by atoms with Crippen molar-refractivity contribution in [2.24, 2.45) is 0 Å². The molecule has 0 radical (unpaired) electrons. The maximum absolute atomic E-state index is 12.3. The van der Waals surface area contributed by atoms with Crippen molar-refractivity contribution in [3.8, 4) is 12.3 Å². The molecule has 1 aliphatic rings. The summed E-state index contributed by atoms with van der Waals surface area (Å²) >= 11 is 0. The first-order chi connectivity index (χ1) is 10.8. The lowest BCUT2D eigenvalue weighted by atomic mass is 10.1. The number of rotatable bonds is 4. The lowest BCUT2D eigenvalue weighted by molar-refractivity contribution is 0.292. The van der Waals surface area contributed by atoms with E-state index in [9.17, 15) is 4.79 Å². The van der Waals surface area contributed by atoms with Gasteiger partial charge in [0.1, 0.15) is 0 Å². The molecular formula is C18H19N3O. The van der Waals surface area contributed by atoms with Crippen LogP contribution in [0.4, 0.5) is 0 Å². The molecule has 0 spiro atoms. The van der Waals surface area contributed by atoms with E-state index in [1.165, 1.54) is 5.56 Å². The molecule has 112 valence electrons. The van der Waals surface area contributed by atoms with E-state index in [2.05, 4.69) is 41.2 Å². The molecule has 1 aromatic carbocycles. The van der Waals surface area contributed by atoms with Crippen LogP contribution in [0.1, 0.15) is 12.0 Å². The van der Waals surface area contributed by atoms with Gasteiger partial charge in [0.15, 0.2) is 0 Å². The smallest absolute Gasteiger partial charge is 0.293 e. The van der Waals surface area contributed by atoms with Crippen molar-refractivity contribution in [3.05, 3.63) is 64.8 Å². The largest absolute Gasteiger partial charge is 0.333 e. The molecule has 0 aliphatic carbocycles. The number of hydrogen-bond donors (Lipinski definition) is 0. The zero-order chi connectivity index (χ0) is 15.4. The van der Waals surface area contributed by atoms with Gasteiger partial charge in [0.2, 0.25) is 0 Å². The Hall–Kier alpha value is -2.51. The first-order valence-corrected chi connectivity index (χ1v) is 7.45. The highest BCUT2D eigenvalue weighted by Crippen LogP contribution is 2.15. The zero-order valence-corrected chi connectivity index (χ0v) is 12.5. The number of aromatic nitrogens is 2. The van der Waals surface area contributed by atoms with Crippen LogP contribution in [-0.4, -0.2) is 27.1 Å². The van der Waals surface area contributed by atoms with Crippen molar-refractivity contribution in [1.29, 1.82) is 0 Å². The lowest BCUT2D eigenvalue weighted by Gasteiger charge is -2.27. The third-order valence-corrected chi connectivity index (χ3v) is 3.88. The molecule has 0 saturated heterocycles. The van der Waals surface area contributed by atoms with Gasteiger partial charge in [-0.25, -0.2) is 4.79 Å². The Morgan fingerprint density at radius 2 is 2.00 bits per heavy atom. The highest BCUT2D eigenvalue weighted by atomic mass is 16.1. The van der Waals surface area contributed by atoms with Crippen molar-refractivity contribution >= 4 is 5.70 Å². The fraction of sp³-hybridized carbons (Fsp3) is 0.278. The van der Waals surface area contributed by atoms with Crippen LogP contribution in [0.15, 0.2) is 53.6 Å². The SMILES string of the molecule is C#CCn1ccn(C2=CCCN(Cc3ccccc3)C2)c1=O. The molecule has 0 amide bonds. The van der Waals surface area contributed by atoms with Crippen LogP contribution in [0.25, 0.3) is 5.70 Å². The molecule has 22 heavy (non-hydrogen) atoms. The normalized spacial score (nSPS) is 15.3. The summed E-state index contributed by atoms with van der Waals surface area (Å²) in [5.74, 6) is 2.50. The second kappa shape index (κ2) is 6.50. The molecule has 4 heteroatoms. The van der Waals surface area contributed by atoms with E-state index in [1.807, 2.05) is 6.07 Å². The van der Waals surface area contributed by atoms with Crippen LogP contribution in [0, 0.1) is 12.3 Å². The Balaban J connectivity index is 1.75. The summed E-state index contributed by atoms with van der Waals surface area (Å²) in [7, 11) is 0. The fourth-order valence-electron chi connectivity index (χ4n) is 2.79. The quantitative estimate of drug-likeness (QED) is 0.808. The molecule has 1 aromatic heterocycles. The Bertz CT molecular complexity index is 762. The predicted octanol–water partition coefficient (Wildman–Crippen LogP) is 2.03. The Morgan fingerprint density at radius 3 is 2.77 bits per heavy atom. The maximum Gasteiger partial charge on any atom is 0.333 e. The van der Waals surface area contributed by atoms with E-state index in [0.29, 0.717) is 6.54 Å². The zero-order valence-electron chi connectivity index (χ0n) is 12.5. The third kappa shape index (κ3) is 3.05. The van der Waals surface area contributed by atoms with Crippen LogP contribution in [0.3, 0.4) is 0 Å². The van der Waals surface area contributed by atoms with Gasteiger partial charge in [0.05, 0.1) is 6.54 Å². The number of nitrogens with zero attached hydrogens (tertiary/aromatic N) is 3. The van der Waals surface area contributed by atoms with Gasteiger partial charge in [-0.05, 0) is 12.0 Å². The van der Waals surface area contributed by atoms with Crippen LogP contribution < -0.4 is 5.69 Å². The molecule has 0 N–H and O–H groups in total. The van der Waals surface area contributed by atoms with Crippen LogP contribution in [0.5, 0.6) is 0 Å². The van der Waals surface area contributed by atoms with Gasteiger partial charge in [0, 0.05) is 37.7 Å². The van der Waals surface area contributed by atoms with Crippen molar-refractivity contribution in [2.75, 3.05) is 13.1 Å². The van der Waals surface area contributed by atoms with E-state index >= 15 is 0 Å². The van der Waals surface area contributed by atoms with Crippen LogP contribution >= 0.6 is 0 Å². The van der Waals surface area contributed by atoms with Crippen molar-refractivity contribution < 1.29 is 0 Å². The lowest BCUT2D eigenvalue weighted by Crippen LogP contribution is -2.33. The van der Waals surface area contributed by atoms with Gasteiger partial charge in [-0.15, -0.1) is 6.42 Å². The van der Waals surface area contributed by atoms with Gasteiger partial charge in [-0.1, -0.05) is 42.3 Å². The topological polar surface area (TPSA) is 30.2 Å². The predicted molar refractivity (Wildman–Crippen MR) is 88.1 cm³/mol. The van der Waals surface area contributed by atoms with Gasteiger partial charge in [0.25, 0.3) is 0 Å². The maximum atomic E-state index is 12.3. The molecule has 0 atom stereocenters. The molecule has 1 aliphatic heterocycles. The number of terminal acetylenes is 1. The third-order valence-electron chi connectivity index (χ3n) is 3.88. The molecule has 4 nitrogen and oxygen atoms in total. The summed E-state index contributed by atoms with van der Waals surface area (Å²) in [4.78, 5) is 14.7. The van der Waals surface area contributed by atoms with Gasteiger partial charge >= 0.3 is 5.69 Å². The summed E-state index contributed by atoms with van der Waals surface area (Å²) in [5, 5.41) is 0. The Morgan fingerprint density at radius 1 is 1.18 bits per heavy atom. The van der Waals surface area contributed by atoms with Crippen LogP contribution in [0.2, 0.25) is 0 Å². The summed E-state index contributed by atoms with van der Waals surface area (Å²) in [6, 6.07) is 10.4. The minimum Gasteiger partial charge on any atom is -0.293 e. The molecule has 0 saturated carbocycles. The number of benzene rings is 1. The summed E-state index contributed by atoms with van der Waals surface area (Å²) in [6.45, 7) is 3.00. The van der Waals surface area contributed by atoms with E-state index in [1.54, 1.807) is 21.5 Å². The average molecular weight is 293 g/mol. The first-order valence-electron chi connectivity index (χ1n) is 7.45. The monoisotopic (exact) mass is 293 g/mol. The van der Waals surface area contributed by atoms with Gasteiger partial charge < -0.3 is 0 Å². The van der Waals surface area contributed by atoms with Crippen molar-refractivity contribution in [1.82, 2.24) is 14.0 Å². The molecule has 3 rings (SSSR count). The molecule has 2 aromatic rings. The van der Waals surface area contributed by atoms with Gasteiger partial charge in [-0.3, -0.25) is 14.0 Å². The summed E-state index contributed by atoms with van der Waals surface area (Å²) in [6.07, 6.45) is 11.9. The van der Waals surface area contributed by atoms with E-state index in [-0.39, 0.29) is 5.69 Å². The second-order valence-electron chi connectivity index (χ2n) is 5.46. The molecule has 0 fully saturated rings. The minimum atomic E-state index is -0.0641. The fourth-order valence-corrected chi connectivity index (χ4v) is 2.79. The summed E-state index contributed by atoms with van der Waals surface area (Å²) in [5.41, 5.74) is 2.26. The first kappa shape index (κ1) is 14.4. The standard InChI is InChI=1S/C18H19N3O/c1-2-10-20-12-13-21(18(20)22)17-9-6-11-19(15-17)14-16-7-4-3-5-8-16/h1,3-5,7-9,12-13H,6,10-11,14-15H2. The Labute approximate surface area is 130 Å². The van der Waals surface area contributed by atoms with Crippen molar-refractivity contribution in [2.45, 2.75) is 19.5 Å². The number of imidazole rings is 1. The summed E-state index contributed by atoms with van der Waals surface area (Å²) < 4.78 is 3.26. The van der Waals surface area contributed by atoms with Gasteiger partial charge in [-0.2, -0.15) is 0 Å². The van der Waals surface area contributed by atoms with E-state index < -0.39 is 0 Å².